The Morgan fingerprint density at radius 2 is 1.80 bits per heavy atom. The first-order chi connectivity index (χ1) is 20.1. The number of methoxy groups -OCH3 is 1. The number of rotatable bonds is 13. The molecule has 3 aromatic carbocycles. The molecule has 5 rings (SSSR count). The molecule has 41 heavy (non-hydrogen) atoms. The molecule has 0 saturated heterocycles. The highest BCUT2D eigenvalue weighted by Crippen LogP contribution is 2.38. The van der Waals surface area contributed by atoms with Crippen LogP contribution in [0.2, 0.25) is 0 Å². The van der Waals surface area contributed by atoms with E-state index in [0.29, 0.717) is 24.0 Å². The highest BCUT2D eigenvalue weighted by molar-refractivity contribution is 5.57. The Balaban J connectivity index is 1.09. The van der Waals surface area contributed by atoms with Gasteiger partial charge < -0.3 is 25.2 Å². The summed E-state index contributed by atoms with van der Waals surface area (Å²) in [5, 5.41) is 16.9. The van der Waals surface area contributed by atoms with E-state index in [1.165, 1.54) is 48.8 Å². The van der Waals surface area contributed by atoms with Gasteiger partial charge in [-0.25, -0.2) is 4.39 Å². The Hall–Kier alpha value is -3.25. The molecular weight excluding hydrogens is 515 g/mol. The van der Waals surface area contributed by atoms with Crippen molar-refractivity contribution in [3.8, 4) is 17.2 Å². The molecule has 220 valence electrons. The van der Waals surface area contributed by atoms with E-state index in [2.05, 4.69) is 28.8 Å². The van der Waals surface area contributed by atoms with Crippen molar-refractivity contribution in [2.75, 3.05) is 38.7 Å². The maximum Gasteiger partial charge on any atom is 0.165 e. The van der Waals surface area contributed by atoms with Crippen molar-refractivity contribution in [2.45, 2.75) is 70.1 Å². The van der Waals surface area contributed by atoms with Crippen molar-refractivity contribution in [1.29, 1.82) is 0 Å². The number of anilines is 1. The van der Waals surface area contributed by atoms with Crippen LogP contribution in [0, 0.1) is 11.7 Å². The summed E-state index contributed by atoms with van der Waals surface area (Å²) in [6.45, 7) is 3.04. The van der Waals surface area contributed by atoms with E-state index >= 15 is 0 Å². The van der Waals surface area contributed by atoms with Gasteiger partial charge in [-0.1, -0.05) is 37.5 Å². The van der Waals surface area contributed by atoms with Gasteiger partial charge in [0.2, 0.25) is 0 Å². The summed E-state index contributed by atoms with van der Waals surface area (Å²) in [5.41, 5.74) is 5.93. The lowest BCUT2D eigenvalue weighted by Crippen LogP contribution is -2.28. The van der Waals surface area contributed by atoms with E-state index in [-0.39, 0.29) is 5.82 Å². The fraction of sp³-hybridized carbons (Fsp3) is 0.486. The van der Waals surface area contributed by atoms with Crippen molar-refractivity contribution >= 4 is 5.69 Å². The quantitative estimate of drug-likeness (QED) is 0.190. The van der Waals surface area contributed by atoms with Crippen LogP contribution in [-0.4, -0.2) is 38.5 Å². The summed E-state index contributed by atoms with van der Waals surface area (Å²) in [6, 6.07) is 17.4. The summed E-state index contributed by atoms with van der Waals surface area (Å²) < 4.78 is 25.9. The Kier molecular flexibility index (Phi) is 10.4. The molecule has 0 bridgehead atoms. The molecule has 3 aromatic rings. The zero-order chi connectivity index (χ0) is 28.4. The zero-order valence-electron chi connectivity index (χ0n) is 24.4. The second kappa shape index (κ2) is 14.6. The van der Waals surface area contributed by atoms with Gasteiger partial charge in [-0.2, -0.15) is 0 Å². The molecule has 0 aliphatic heterocycles. The number of aryl methyl sites for hydroxylation is 2. The third-order valence-corrected chi connectivity index (χ3v) is 8.77. The van der Waals surface area contributed by atoms with E-state index < -0.39 is 0 Å². The number of aromatic hydroxyl groups is 1. The fourth-order valence-corrected chi connectivity index (χ4v) is 6.44. The van der Waals surface area contributed by atoms with Crippen LogP contribution in [0.25, 0.3) is 0 Å². The van der Waals surface area contributed by atoms with Crippen LogP contribution in [0.1, 0.15) is 73.1 Å². The van der Waals surface area contributed by atoms with Gasteiger partial charge in [-0.3, -0.25) is 0 Å². The molecule has 1 unspecified atom stereocenters. The van der Waals surface area contributed by atoms with E-state index in [1.54, 1.807) is 25.3 Å². The lowest BCUT2D eigenvalue weighted by molar-refractivity contribution is 0.284. The van der Waals surface area contributed by atoms with Gasteiger partial charge in [0, 0.05) is 24.8 Å². The first-order valence-corrected chi connectivity index (χ1v) is 15.4. The number of fused-ring (bicyclic) bond motifs is 1. The van der Waals surface area contributed by atoms with Gasteiger partial charge in [0.15, 0.2) is 11.6 Å². The Morgan fingerprint density at radius 1 is 0.927 bits per heavy atom. The predicted octanol–water partition coefficient (Wildman–Crippen LogP) is 7.41. The third-order valence-electron chi connectivity index (χ3n) is 8.77. The third kappa shape index (κ3) is 8.16. The number of hydrogen-bond donors (Lipinski definition) is 3. The standard InChI is InChI=1S/C35H45FN2O3/c1-40-31-14-15-32(29-11-10-28-22-30(39)13-12-27(28)21-29)34(23-31)38-17-5-8-25-9-16-35(33(36)20-25)41-19-18-37-24-26-6-3-2-4-7-26/h9,12-16,20,22-23,26,29,37-39H,2-8,10-11,17-19,21,24H2,1H3. The maximum absolute atomic E-state index is 14.7. The molecule has 2 aliphatic carbocycles. The minimum absolute atomic E-state index is 0.288. The van der Waals surface area contributed by atoms with Crippen LogP contribution in [0.4, 0.5) is 10.1 Å². The highest BCUT2D eigenvalue weighted by atomic mass is 19.1. The Morgan fingerprint density at radius 3 is 2.63 bits per heavy atom. The number of nitrogens with one attached hydrogen (secondary N) is 2. The fourth-order valence-electron chi connectivity index (χ4n) is 6.44. The van der Waals surface area contributed by atoms with Gasteiger partial charge in [0.05, 0.1) is 7.11 Å². The average molecular weight is 561 g/mol. The number of hydrogen-bond acceptors (Lipinski definition) is 5. The lowest BCUT2D eigenvalue weighted by Gasteiger charge is -2.27. The van der Waals surface area contributed by atoms with Crippen LogP contribution in [-0.2, 0) is 19.3 Å². The molecule has 2 aliphatic rings. The van der Waals surface area contributed by atoms with Gasteiger partial charge >= 0.3 is 0 Å². The van der Waals surface area contributed by atoms with Crippen molar-refractivity contribution in [1.82, 2.24) is 5.32 Å². The topological polar surface area (TPSA) is 62.8 Å². The molecule has 0 aromatic heterocycles. The summed E-state index contributed by atoms with van der Waals surface area (Å²) in [7, 11) is 1.69. The van der Waals surface area contributed by atoms with E-state index in [9.17, 15) is 9.50 Å². The van der Waals surface area contributed by atoms with Crippen LogP contribution >= 0.6 is 0 Å². The van der Waals surface area contributed by atoms with Gasteiger partial charge in [0.1, 0.15) is 18.1 Å². The maximum atomic E-state index is 14.7. The summed E-state index contributed by atoms with van der Waals surface area (Å²) in [4.78, 5) is 0. The minimum atomic E-state index is -0.288. The van der Waals surface area contributed by atoms with Crippen LogP contribution < -0.4 is 20.1 Å². The van der Waals surface area contributed by atoms with Crippen molar-refractivity contribution in [2.24, 2.45) is 5.92 Å². The van der Waals surface area contributed by atoms with Crippen LogP contribution in [0.3, 0.4) is 0 Å². The number of ether oxygens (including phenoxy) is 2. The molecule has 0 spiro atoms. The predicted molar refractivity (Wildman–Crippen MR) is 164 cm³/mol. The highest BCUT2D eigenvalue weighted by Gasteiger charge is 2.23. The molecule has 0 radical (unpaired) electrons. The first kappa shape index (κ1) is 29.2. The van der Waals surface area contributed by atoms with Gasteiger partial charge in [-0.15, -0.1) is 0 Å². The summed E-state index contributed by atoms with van der Waals surface area (Å²) >= 11 is 0. The number of phenolic OH excluding ortho intramolecular Hbond substituents is 1. The molecule has 6 heteroatoms. The van der Waals surface area contributed by atoms with E-state index in [4.69, 9.17) is 9.47 Å². The lowest BCUT2D eigenvalue weighted by atomic mass is 9.79. The largest absolute Gasteiger partial charge is 0.508 e. The molecule has 0 amide bonds. The normalized spacial score (nSPS) is 17.2. The molecular formula is C35H45FN2O3. The monoisotopic (exact) mass is 560 g/mol. The zero-order valence-corrected chi connectivity index (χ0v) is 24.4. The second-order valence-electron chi connectivity index (χ2n) is 11.7. The molecule has 1 atom stereocenters. The Labute approximate surface area is 244 Å². The summed E-state index contributed by atoms with van der Waals surface area (Å²) in [6.07, 6.45) is 11.3. The SMILES string of the molecule is COc1ccc(C2CCc3cc(O)ccc3C2)c(NCCCc2ccc(OCCNCC3CCCCC3)c(F)c2)c1. The molecule has 0 heterocycles. The molecule has 5 nitrogen and oxygen atoms in total. The molecule has 3 N–H and O–H groups in total. The Bertz CT molecular complexity index is 1270. The minimum Gasteiger partial charge on any atom is -0.508 e. The van der Waals surface area contributed by atoms with Crippen LogP contribution in [0.5, 0.6) is 17.2 Å². The molecule has 1 fully saturated rings. The molecule has 1 saturated carbocycles. The van der Waals surface area contributed by atoms with Crippen molar-refractivity contribution in [3.05, 3.63) is 82.7 Å². The van der Waals surface area contributed by atoms with E-state index in [1.807, 2.05) is 18.2 Å². The van der Waals surface area contributed by atoms with Crippen molar-refractivity contribution in [3.63, 3.8) is 0 Å². The van der Waals surface area contributed by atoms with Crippen LogP contribution in [0.15, 0.2) is 54.6 Å². The first-order valence-electron chi connectivity index (χ1n) is 15.4. The van der Waals surface area contributed by atoms with Crippen molar-refractivity contribution < 1.29 is 19.0 Å². The smallest absolute Gasteiger partial charge is 0.165 e. The van der Waals surface area contributed by atoms with Gasteiger partial charge in [-0.05, 0) is 116 Å². The average Bonchev–Trinajstić information content (AvgIpc) is 3.00. The number of phenols is 1. The number of halogens is 1. The second-order valence-corrected chi connectivity index (χ2v) is 11.7. The van der Waals surface area contributed by atoms with E-state index in [0.717, 1.165) is 74.7 Å². The summed E-state index contributed by atoms with van der Waals surface area (Å²) in [5.74, 6) is 2.41. The number of benzene rings is 3. The van der Waals surface area contributed by atoms with Gasteiger partial charge in [0.25, 0.3) is 0 Å².